The van der Waals surface area contributed by atoms with E-state index >= 15 is 0 Å². The zero-order chi connectivity index (χ0) is 25.0. The van der Waals surface area contributed by atoms with Crippen LogP contribution in [0.1, 0.15) is 22.3 Å². The van der Waals surface area contributed by atoms with Crippen molar-refractivity contribution in [2.45, 2.75) is 6.92 Å². The minimum atomic E-state index is -0.786. The van der Waals surface area contributed by atoms with Crippen LogP contribution >= 0.6 is 0 Å². The fraction of sp³-hybridized carbons (Fsp3) is 0.0370. The second-order valence-electron chi connectivity index (χ2n) is 8.28. The second kappa shape index (κ2) is 7.76. The molecule has 36 heavy (non-hydrogen) atoms. The summed E-state index contributed by atoms with van der Waals surface area (Å²) in [5, 5.41) is 28.5. The van der Waals surface area contributed by atoms with Gasteiger partial charge in [-0.1, -0.05) is 29.8 Å². The van der Waals surface area contributed by atoms with Crippen LogP contribution in [0.15, 0.2) is 73.9 Å². The van der Waals surface area contributed by atoms with Gasteiger partial charge < -0.3 is 9.73 Å². The van der Waals surface area contributed by atoms with Crippen LogP contribution in [0.25, 0.3) is 33.0 Å². The summed E-state index contributed by atoms with van der Waals surface area (Å²) in [4.78, 5) is 31.5. The van der Waals surface area contributed by atoms with Crippen molar-refractivity contribution < 1.29 is 4.42 Å². The van der Waals surface area contributed by atoms with Gasteiger partial charge in [0.1, 0.15) is 40.9 Å². The van der Waals surface area contributed by atoms with Gasteiger partial charge in [-0.15, -0.1) is 0 Å². The molecule has 1 aliphatic heterocycles. The Labute approximate surface area is 202 Å². The zero-order valence-corrected chi connectivity index (χ0v) is 18.7. The van der Waals surface area contributed by atoms with Gasteiger partial charge in [0.05, 0.1) is 22.7 Å². The van der Waals surface area contributed by atoms with Crippen molar-refractivity contribution in [3.05, 3.63) is 97.6 Å². The molecule has 0 bridgehead atoms. The van der Waals surface area contributed by atoms with Crippen LogP contribution in [-0.2, 0) is 0 Å². The molecule has 0 unspecified atom stereocenters. The highest BCUT2D eigenvalue weighted by Gasteiger charge is 2.27. The number of aryl methyl sites for hydroxylation is 1. The highest BCUT2D eigenvalue weighted by molar-refractivity contribution is 5.96. The normalized spacial score (nSPS) is 11.8. The number of hydrogen-bond donors (Lipinski definition) is 1. The van der Waals surface area contributed by atoms with Crippen LogP contribution in [-0.4, -0.2) is 15.9 Å². The SMILES string of the molecule is Cc1ccc2occ(-c3c(C#N)c4n(c(=O)c3C#N)N=Cc3cc5ccccc5nc3N4)c(=O)c2c1. The molecule has 0 saturated heterocycles. The van der Waals surface area contributed by atoms with Crippen molar-refractivity contribution >= 4 is 39.7 Å². The van der Waals surface area contributed by atoms with Crippen molar-refractivity contribution in [2.75, 3.05) is 5.32 Å². The van der Waals surface area contributed by atoms with Gasteiger partial charge in [0.2, 0.25) is 5.43 Å². The Kier molecular flexibility index (Phi) is 4.53. The molecular weight excluding hydrogens is 456 g/mol. The van der Waals surface area contributed by atoms with Crippen molar-refractivity contribution in [2.24, 2.45) is 5.10 Å². The molecule has 170 valence electrons. The lowest BCUT2D eigenvalue weighted by Crippen LogP contribution is -2.25. The number of fused-ring (bicyclic) bond motifs is 4. The average molecular weight is 470 g/mol. The zero-order valence-electron chi connectivity index (χ0n) is 18.7. The Morgan fingerprint density at radius 1 is 1.03 bits per heavy atom. The lowest BCUT2D eigenvalue weighted by atomic mass is 9.96. The van der Waals surface area contributed by atoms with E-state index in [2.05, 4.69) is 21.5 Å². The van der Waals surface area contributed by atoms with Crippen molar-refractivity contribution in [1.82, 2.24) is 9.66 Å². The molecule has 6 rings (SSSR count). The van der Waals surface area contributed by atoms with Gasteiger partial charge in [-0.2, -0.15) is 20.3 Å². The maximum absolute atomic E-state index is 13.5. The summed E-state index contributed by atoms with van der Waals surface area (Å²) >= 11 is 0. The highest BCUT2D eigenvalue weighted by Crippen LogP contribution is 2.33. The third kappa shape index (κ3) is 3.01. The van der Waals surface area contributed by atoms with Crippen LogP contribution in [0.5, 0.6) is 0 Å². The summed E-state index contributed by atoms with van der Waals surface area (Å²) in [5.74, 6) is 0.370. The molecule has 5 aromatic rings. The smallest absolute Gasteiger partial charge is 0.291 e. The molecule has 9 nitrogen and oxygen atoms in total. The summed E-state index contributed by atoms with van der Waals surface area (Å²) in [6, 6.07) is 18.4. The third-order valence-corrected chi connectivity index (χ3v) is 6.08. The van der Waals surface area contributed by atoms with E-state index in [4.69, 9.17) is 4.42 Å². The van der Waals surface area contributed by atoms with Gasteiger partial charge >= 0.3 is 0 Å². The number of hydrogen-bond acceptors (Lipinski definition) is 8. The molecule has 1 N–H and O–H groups in total. The van der Waals surface area contributed by atoms with Gasteiger partial charge in [0, 0.05) is 16.5 Å². The molecule has 0 spiro atoms. The summed E-state index contributed by atoms with van der Waals surface area (Å²) in [5.41, 5.74) is 0.552. The van der Waals surface area contributed by atoms with Crippen LogP contribution in [0.3, 0.4) is 0 Å². The Morgan fingerprint density at radius 3 is 2.64 bits per heavy atom. The number of para-hydroxylation sites is 1. The molecule has 3 aromatic heterocycles. The monoisotopic (exact) mass is 470 g/mol. The van der Waals surface area contributed by atoms with Crippen molar-refractivity contribution in [1.29, 1.82) is 10.5 Å². The Morgan fingerprint density at radius 2 is 1.83 bits per heavy atom. The molecule has 9 heteroatoms. The van der Waals surface area contributed by atoms with Gasteiger partial charge in [0.25, 0.3) is 5.56 Å². The summed E-state index contributed by atoms with van der Waals surface area (Å²) in [6.45, 7) is 1.83. The summed E-state index contributed by atoms with van der Waals surface area (Å²) < 4.78 is 6.60. The number of anilines is 2. The second-order valence-corrected chi connectivity index (χ2v) is 8.28. The first-order valence-corrected chi connectivity index (χ1v) is 10.9. The maximum atomic E-state index is 13.5. The average Bonchev–Trinajstić information content (AvgIpc) is 3.07. The summed E-state index contributed by atoms with van der Waals surface area (Å²) in [6.07, 6.45) is 2.61. The van der Waals surface area contributed by atoms with Crippen LogP contribution in [0.4, 0.5) is 11.6 Å². The molecule has 0 aliphatic carbocycles. The van der Waals surface area contributed by atoms with E-state index in [0.717, 1.165) is 15.6 Å². The molecule has 0 fully saturated rings. The number of nitriles is 2. The molecule has 2 aromatic carbocycles. The van der Waals surface area contributed by atoms with E-state index in [1.807, 2.05) is 43.3 Å². The minimum Gasteiger partial charge on any atom is -0.463 e. The van der Waals surface area contributed by atoms with Crippen molar-refractivity contribution in [3.63, 3.8) is 0 Å². The number of aromatic nitrogens is 2. The first-order valence-electron chi connectivity index (χ1n) is 10.9. The van der Waals surface area contributed by atoms with E-state index in [9.17, 15) is 20.1 Å². The molecule has 0 radical (unpaired) electrons. The van der Waals surface area contributed by atoms with Gasteiger partial charge in [-0.3, -0.25) is 9.59 Å². The van der Waals surface area contributed by atoms with Crippen LogP contribution in [0.2, 0.25) is 0 Å². The Hall–Kier alpha value is -5.54. The quantitative estimate of drug-likeness (QED) is 0.381. The lowest BCUT2D eigenvalue weighted by molar-refractivity contribution is 0.604. The Bertz CT molecular complexity index is 2000. The lowest BCUT2D eigenvalue weighted by Gasteiger charge is -2.15. The van der Waals surface area contributed by atoms with Crippen LogP contribution < -0.4 is 16.3 Å². The van der Waals surface area contributed by atoms with Crippen molar-refractivity contribution in [3.8, 4) is 23.3 Å². The maximum Gasteiger partial charge on any atom is 0.291 e. The molecule has 0 saturated carbocycles. The third-order valence-electron chi connectivity index (χ3n) is 6.08. The fourth-order valence-corrected chi connectivity index (χ4v) is 4.35. The molecular formula is C27H14N6O3. The molecule has 0 atom stereocenters. The number of nitrogens with zero attached hydrogens (tertiary/aromatic N) is 5. The standard InChI is InChI=1S/C27H14N6O3/c1-14-6-7-22-17(8-14)24(34)20(13-36-22)23-18(10-28)26-32-25-16(9-15-4-2-3-5-21(15)31-25)12-30-33(26)27(35)19(23)11-29/h2-9,12-13H,1H3,(H,31,32). The number of benzene rings is 2. The van der Waals surface area contributed by atoms with E-state index in [1.54, 1.807) is 18.2 Å². The minimum absolute atomic E-state index is 0.00183. The first kappa shape index (κ1) is 21.0. The van der Waals surface area contributed by atoms with Gasteiger partial charge in [0.15, 0.2) is 5.82 Å². The highest BCUT2D eigenvalue weighted by atomic mass is 16.3. The Balaban J connectivity index is 1.68. The summed E-state index contributed by atoms with van der Waals surface area (Å²) in [7, 11) is 0. The van der Waals surface area contributed by atoms with E-state index < -0.39 is 16.6 Å². The van der Waals surface area contributed by atoms with Gasteiger partial charge in [-0.25, -0.2) is 4.98 Å². The molecule has 4 heterocycles. The topological polar surface area (TPSA) is 137 Å². The molecule has 1 aliphatic rings. The number of pyridine rings is 2. The van der Waals surface area contributed by atoms with E-state index in [0.29, 0.717) is 22.5 Å². The predicted octanol–water partition coefficient (Wildman–Crippen LogP) is 4.16. The van der Waals surface area contributed by atoms with Crippen LogP contribution in [0, 0.1) is 29.6 Å². The largest absolute Gasteiger partial charge is 0.463 e. The fourth-order valence-electron chi connectivity index (χ4n) is 4.35. The van der Waals surface area contributed by atoms with Gasteiger partial charge in [-0.05, 0) is 31.2 Å². The molecule has 0 amide bonds. The van der Waals surface area contributed by atoms with E-state index in [1.165, 1.54) is 12.5 Å². The van der Waals surface area contributed by atoms with E-state index in [-0.39, 0.29) is 27.9 Å². The predicted molar refractivity (Wildman–Crippen MR) is 134 cm³/mol. The number of rotatable bonds is 1. The number of nitrogens with one attached hydrogen (secondary N) is 1. The first-order chi connectivity index (χ1) is 17.5.